The highest BCUT2D eigenvalue weighted by Crippen LogP contribution is 2.38. The van der Waals surface area contributed by atoms with Crippen molar-refractivity contribution < 1.29 is 0 Å². The van der Waals surface area contributed by atoms with Crippen LogP contribution in [0.4, 0.5) is 0 Å². The normalized spacial score (nSPS) is 44.8. The Morgan fingerprint density at radius 1 is 1.00 bits per heavy atom. The third kappa shape index (κ3) is 1.01. The Bertz CT molecular complexity index is 205. The molecule has 1 fully saturated rings. The summed E-state index contributed by atoms with van der Waals surface area (Å²) < 4.78 is 0. The van der Waals surface area contributed by atoms with Crippen molar-refractivity contribution in [2.45, 2.75) is 24.4 Å². The smallest absolute Gasteiger partial charge is 0.167 e. The second-order valence-corrected chi connectivity index (χ2v) is 13.2. The van der Waals surface area contributed by atoms with Crippen LogP contribution >= 0.6 is 0 Å². The van der Waals surface area contributed by atoms with Crippen LogP contribution in [0.5, 0.6) is 0 Å². The van der Waals surface area contributed by atoms with E-state index in [-0.39, 0.29) is 0 Å². The molecule has 0 saturated carbocycles. The highest BCUT2D eigenvalue weighted by atomic mass is 28.5. The van der Waals surface area contributed by atoms with Crippen molar-refractivity contribution >= 4 is 16.1 Å². The number of rotatable bonds is 0. The van der Waals surface area contributed by atoms with E-state index in [1.807, 2.05) is 0 Å². The molecule has 1 aliphatic rings. The third-order valence-corrected chi connectivity index (χ3v) is 15.7. The zero-order valence-corrected chi connectivity index (χ0v) is 8.31. The van der Waals surface area contributed by atoms with Crippen LogP contribution < -0.4 is 0 Å². The summed E-state index contributed by atoms with van der Waals surface area (Å²) in [5.41, 5.74) is 6.79. The molecule has 1 aliphatic heterocycles. The van der Waals surface area contributed by atoms with E-state index >= 15 is 0 Å². The lowest BCUT2D eigenvalue weighted by atomic mass is 11.6. The third-order valence-electron chi connectivity index (χ3n) is 2.10. The Hall–Kier alpha value is -0.586. The quantitative estimate of drug-likeness (QED) is 0.510. The van der Waals surface area contributed by atoms with Gasteiger partial charge in [0.1, 0.15) is 0 Å². The average Bonchev–Trinajstić information content (AvgIpc) is 1.85. The summed E-state index contributed by atoms with van der Waals surface area (Å²) in [5, 5.41) is 17.4. The molecule has 4 heteroatoms. The zero-order valence-electron chi connectivity index (χ0n) is 6.31. The molecule has 0 amide bonds. The fourth-order valence-corrected chi connectivity index (χ4v) is 16.5. The highest BCUT2D eigenvalue weighted by molar-refractivity contribution is 7.18. The fraction of sp³-hybridized carbons (Fsp3) is 0.667. The van der Waals surface area contributed by atoms with E-state index in [4.69, 9.17) is 10.5 Å². The van der Waals surface area contributed by atoms with Crippen LogP contribution in [0.3, 0.4) is 0 Å². The van der Waals surface area contributed by atoms with Gasteiger partial charge in [0.05, 0.1) is 0 Å². The van der Waals surface area contributed by atoms with Gasteiger partial charge in [0.2, 0.25) is 0 Å². The van der Waals surface area contributed by atoms with Gasteiger partial charge in [0.25, 0.3) is 0 Å². The molecule has 0 bridgehead atoms. The molecule has 0 spiro atoms. The summed E-state index contributed by atoms with van der Waals surface area (Å²) in [4.78, 5) is 0. The van der Waals surface area contributed by atoms with E-state index in [0.29, 0.717) is 0 Å². The summed E-state index contributed by atoms with van der Waals surface area (Å²) >= 11 is 0. The molecule has 0 aromatic heterocycles. The first-order valence-corrected chi connectivity index (χ1v) is 9.19. The number of nitrogens with zero attached hydrogens (tertiary/aromatic N) is 2. The first-order valence-electron chi connectivity index (χ1n) is 3.36. The summed E-state index contributed by atoms with van der Waals surface area (Å²) in [5.74, 6) is 0. The van der Waals surface area contributed by atoms with Gasteiger partial charge in [-0.1, -0.05) is 13.1 Å². The monoisotopic (exact) mass is 166 g/mol. The van der Waals surface area contributed by atoms with E-state index in [2.05, 4.69) is 24.5 Å². The van der Waals surface area contributed by atoms with Crippen LogP contribution in [0.25, 0.3) is 0 Å². The van der Waals surface area contributed by atoms with Gasteiger partial charge < -0.3 is 0 Å². The predicted molar refractivity (Wildman–Crippen MR) is 44.1 cm³/mol. The minimum absolute atomic E-state index is 1.01. The van der Waals surface area contributed by atoms with Gasteiger partial charge in [0, 0.05) is 11.4 Å². The molecular weight excluding hydrogens is 156 g/mol. The molecule has 0 aliphatic carbocycles. The Kier molecular flexibility index (Phi) is 1.46. The van der Waals surface area contributed by atoms with Crippen molar-refractivity contribution in [2.24, 2.45) is 0 Å². The predicted octanol–water partition coefficient (Wildman–Crippen LogP) is 1.36. The van der Waals surface area contributed by atoms with Crippen LogP contribution in [-0.4, -0.2) is 16.1 Å². The Morgan fingerprint density at radius 2 is 1.30 bits per heavy atom. The molecule has 0 aromatic rings. The minimum Gasteiger partial charge on any atom is -0.207 e. The minimum atomic E-state index is -1.48. The number of hydrogen-bond acceptors (Lipinski definition) is 2. The fourth-order valence-electron chi connectivity index (χ4n) is 1.83. The lowest BCUT2D eigenvalue weighted by Gasteiger charge is -2.39. The van der Waals surface area contributed by atoms with Crippen LogP contribution in [0.1, 0.15) is 0 Å². The van der Waals surface area contributed by atoms with Gasteiger partial charge in [-0.25, -0.2) is 10.5 Å². The lowest BCUT2D eigenvalue weighted by molar-refractivity contribution is 1.37. The molecule has 0 unspecified atom stereocenters. The molecule has 1 saturated heterocycles. The van der Waals surface area contributed by atoms with Crippen molar-refractivity contribution in [1.29, 1.82) is 10.5 Å². The van der Waals surface area contributed by atoms with Crippen molar-refractivity contribution in [3.8, 4) is 11.4 Å². The topological polar surface area (TPSA) is 47.6 Å². The Morgan fingerprint density at radius 3 is 1.50 bits per heavy atom. The van der Waals surface area contributed by atoms with E-state index in [1.165, 1.54) is 0 Å². The molecular formula is C6H10N2Si2. The molecule has 52 valence electrons. The maximum absolute atomic E-state index is 8.70. The largest absolute Gasteiger partial charge is 0.207 e. The maximum Gasteiger partial charge on any atom is 0.167 e. The van der Waals surface area contributed by atoms with Gasteiger partial charge in [-0.3, -0.25) is 0 Å². The second-order valence-electron chi connectivity index (χ2n) is 3.70. The molecule has 1 rings (SSSR count). The summed E-state index contributed by atoms with van der Waals surface area (Å²) in [6.45, 7) is 4.16. The van der Waals surface area contributed by atoms with Crippen molar-refractivity contribution in [3.05, 3.63) is 0 Å². The standard InChI is InChI=1S/C6H10N2Si2/c1-9(3-7)5-10(2,4-8)6-9/h5-6H2,1-2H3. The molecule has 10 heavy (non-hydrogen) atoms. The van der Waals surface area contributed by atoms with E-state index in [0.717, 1.165) is 11.3 Å². The molecule has 0 radical (unpaired) electrons. The highest BCUT2D eigenvalue weighted by Gasteiger charge is 2.54. The van der Waals surface area contributed by atoms with Gasteiger partial charge in [0.15, 0.2) is 16.1 Å². The lowest BCUT2D eigenvalue weighted by Crippen LogP contribution is -2.58. The first-order chi connectivity index (χ1) is 4.54. The van der Waals surface area contributed by atoms with Crippen LogP contribution in [0.2, 0.25) is 24.4 Å². The van der Waals surface area contributed by atoms with Gasteiger partial charge >= 0.3 is 0 Å². The van der Waals surface area contributed by atoms with Gasteiger partial charge in [-0.15, -0.1) is 0 Å². The first kappa shape index (κ1) is 7.52. The van der Waals surface area contributed by atoms with Crippen LogP contribution in [0, 0.1) is 21.9 Å². The Balaban J connectivity index is 2.63. The number of nitriles is 2. The molecule has 0 N–H and O–H groups in total. The average molecular weight is 166 g/mol. The van der Waals surface area contributed by atoms with Crippen LogP contribution in [0.15, 0.2) is 0 Å². The summed E-state index contributed by atoms with van der Waals surface area (Å²) in [7, 11) is -2.96. The second kappa shape index (κ2) is 1.95. The van der Waals surface area contributed by atoms with Crippen molar-refractivity contribution in [2.75, 3.05) is 0 Å². The number of hydrogen-bond donors (Lipinski definition) is 0. The summed E-state index contributed by atoms with van der Waals surface area (Å²) in [6, 6.07) is 0. The SMILES string of the molecule is C[Si]1(C#N)C[Si](C)(C#N)C1. The van der Waals surface area contributed by atoms with E-state index < -0.39 is 16.1 Å². The van der Waals surface area contributed by atoms with E-state index in [1.54, 1.807) is 0 Å². The van der Waals surface area contributed by atoms with E-state index in [9.17, 15) is 0 Å². The summed E-state index contributed by atoms with van der Waals surface area (Å²) in [6.07, 6.45) is 0. The Labute approximate surface area is 63.1 Å². The zero-order chi connectivity index (χ0) is 7.83. The molecule has 1 heterocycles. The van der Waals surface area contributed by atoms with Crippen molar-refractivity contribution in [3.63, 3.8) is 0 Å². The van der Waals surface area contributed by atoms with Crippen LogP contribution in [-0.2, 0) is 0 Å². The maximum atomic E-state index is 8.70. The van der Waals surface area contributed by atoms with Gasteiger partial charge in [-0.05, 0) is 11.3 Å². The molecule has 2 nitrogen and oxygen atoms in total. The van der Waals surface area contributed by atoms with Gasteiger partial charge in [-0.2, -0.15) is 0 Å². The molecule has 0 aromatic carbocycles. The van der Waals surface area contributed by atoms with Crippen molar-refractivity contribution in [1.82, 2.24) is 0 Å². The molecule has 0 atom stereocenters.